The van der Waals surface area contributed by atoms with Gasteiger partial charge in [0.05, 0.1) is 10.6 Å². The molecule has 0 heterocycles. The highest BCUT2D eigenvalue weighted by atomic mass is 35.5. The predicted molar refractivity (Wildman–Crippen MR) is 74.0 cm³/mol. The van der Waals surface area contributed by atoms with Gasteiger partial charge < -0.3 is 0 Å². The van der Waals surface area contributed by atoms with Crippen LogP contribution in [0.15, 0.2) is 29.4 Å². The van der Waals surface area contributed by atoms with Crippen molar-refractivity contribution in [1.82, 2.24) is 5.43 Å². The molecule has 0 aromatic heterocycles. The highest BCUT2D eigenvalue weighted by molar-refractivity contribution is 6.33. The van der Waals surface area contributed by atoms with Gasteiger partial charge in [0.15, 0.2) is 0 Å². The second kappa shape index (κ2) is 6.01. The lowest BCUT2D eigenvalue weighted by atomic mass is 9.89. The maximum absolute atomic E-state index is 11.9. The van der Waals surface area contributed by atoms with Gasteiger partial charge in [-0.1, -0.05) is 37.1 Å². The van der Waals surface area contributed by atoms with Gasteiger partial charge in [-0.05, 0) is 37.3 Å². The van der Waals surface area contributed by atoms with E-state index < -0.39 is 0 Å². The van der Waals surface area contributed by atoms with E-state index in [0.717, 1.165) is 25.0 Å². The molecule has 1 aliphatic carbocycles. The Morgan fingerprint density at radius 3 is 2.89 bits per heavy atom. The lowest BCUT2D eigenvalue weighted by Crippen LogP contribution is -2.24. The molecule has 1 amide bonds. The van der Waals surface area contributed by atoms with E-state index in [1.807, 2.05) is 0 Å². The van der Waals surface area contributed by atoms with Gasteiger partial charge in [0.25, 0.3) is 5.91 Å². The molecule has 0 unspecified atom stereocenters. The molecule has 0 bridgehead atoms. The Kier molecular flexibility index (Phi) is 4.37. The van der Waals surface area contributed by atoms with Gasteiger partial charge in [0.1, 0.15) is 0 Å². The standard InChI is InChI=1S/C14H17ClN2O/c1-10-6-2-5-9-13(10)16-17-14(18)11-7-3-4-8-12(11)15/h3-4,7-8,10H,2,5-6,9H2,1H3,(H,17,18)/b16-13-/t10-/m1/s1. The van der Waals surface area contributed by atoms with Crippen LogP contribution in [0.3, 0.4) is 0 Å². The third-order valence-electron chi connectivity index (χ3n) is 3.31. The van der Waals surface area contributed by atoms with Crippen molar-refractivity contribution >= 4 is 23.2 Å². The molecule has 1 fully saturated rings. The molecule has 1 N–H and O–H groups in total. The molecule has 18 heavy (non-hydrogen) atoms. The first-order chi connectivity index (χ1) is 8.68. The summed E-state index contributed by atoms with van der Waals surface area (Å²) in [5.41, 5.74) is 4.15. The molecule has 0 radical (unpaired) electrons. The van der Waals surface area contributed by atoms with Gasteiger partial charge in [0, 0.05) is 5.71 Å². The first-order valence-electron chi connectivity index (χ1n) is 6.30. The maximum Gasteiger partial charge on any atom is 0.272 e. The zero-order valence-corrected chi connectivity index (χ0v) is 11.2. The van der Waals surface area contributed by atoms with Crippen molar-refractivity contribution in [2.75, 3.05) is 0 Å². The van der Waals surface area contributed by atoms with E-state index in [4.69, 9.17) is 11.6 Å². The molecule has 0 saturated heterocycles. The fraction of sp³-hybridized carbons (Fsp3) is 0.429. The molecule has 0 spiro atoms. The Bertz CT molecular complexity index is 471. The molecule has 1 aromatic carbocycles. The Morgan fingerprint density at radius 2 is 2.17 bits per heavy atom. The summed E-state index contributed by atoms with van der Waals surface area (Å²) < 4.78 is 0. The number of benzene rings is 1. The summed E-state index contributed by atoms with van der Waals surface area (Å²) in [6.45, 7) is 2.15. The van der Waals surface area contributed by atoms with Gasteiger partial charge in [-0.3, -0.25) is 4.79 Å². The summed E-state index contributed by atoms with van der Waals surface area (Å²) in [6.07, 6.45) is 4.54. The van der Waals surface area contributed by atoms with E-state index in [1.54, 1.807) is 24.3 Å². The Labute approximate surface area is 112 Å². The molecular formula is C14H17ClN2O. The van der Waals surface area contributed by atoms with Crippen LogP contribution in [0.2, 0.25) is 5.02 Å². The molecule has 96 valence electrons. The number of halogens is 1. The number of nitrogens with one attached hydrogen (secondary N) is 1. The molecule has 1 aromatic rings. The highest BCUT2D eigenvalue weighted by Crippen LogP contribution is 2.21. The second-order valence-corrected chi connectivity index (χ2v) is 5.08. The van der Waals surface area contributed by atoms with Crippen LogP contribution in [0.4, 0.5) is 0 Å². The Balaban J connectivity index is 2.04. The molecule has 1 atom stereocenters. The number of amides is 1. The third-order valence-corrected chi connectivity index (χ3v) is 3.64. The quantitative estimate of drug-likeness (QED) is 0.814. The molecule has 2 rings (SSSR count). The van der Waals surface area contributed by atoms with Crippen LogP contribution in [-0.2, 0) is 0 Å². The number of hydrogen-bond acceptors (Lipinski definition) is 2. The van der Waals surface area contributed by atoms with Gasteiger partial charge >= 0.3 is 0 Å². The maximum atomic E-state index is 11.9. The third kappa shape index (κ3) is 3.10. The number of rotatable bonds is 2. The van der Waals surface area contributed by atoms with Crippen molar-refractivity contribution in [3.05, 3.63) is 34.9 Å². The molecule has 4 heteroatoms. The van der Waals surface area contributed by atoms with Crippen LogP contribution in [0.25, 0.3) is 0 Å². The fourth-order valence-electron chi connectivity index (χ4n) is 2.16. The molecule has 3 nitrogen and oxygen atoms in total. The smallest absolute Gasteiger partial charge is 0.267 e. The van der Waals surface area contributed by atoms with Gasteiger partial charge in [-0.2, -0.15) is 5.10 Å². The van der Waals surface area contributed by atoms with Crippen molar-refractivity contribution in [2.45, 2.75) is 32.6 Å². The van der Waals surface area contributed by atoms with Crippen LogP contribution in [0.5, 0.6) is 0 Å². The van der Waals surface area contributed by atoms with Crippen molar-refractivity contribution < 1.29 is 4.79 Å². The zero-order valence-electron chi connectivity index (χ0n) is 10.4. The van der Waals surface area contributed by atoms with E-state index in [2.05, 4.69) is 17.5 Å². The summed E-state index contributed by atoms with van der Waals surface area (Å²) in [7, 11) is 0. The number of hydrogen-bond donors (Lipinski definition) is 1. The van der Waals surface area contributed by atoms with Crippen LogP contribution in [-0.4, -0.2) is 11.6 Å². The van der Waals surface area contributed by atoms with E-state index >= 15 is 0 Å². The Morgan fingerprint density at radius 1 is 1.39 bits per heavy atom. The summed E-state index contributed by atoms with van der Waals surface area (Å²) in [4.78, 5) is 11.9. The molecule has 1 saturated carbocycles. The predicted octanol–water partition coefficient (Wildman–Crippen LogP) is 3.64. The zero-order chi connectivity index (χ0) is 13.0. The summed E-state index contributed by atoms with van der Waals surface area (Å²) in [5.74, 6) is 0.219. The van der Waals surface area contributed by atoms with Gasteiger partial charge in [0.2, 0.25) is 0 Å². The molecule has 1 aliphatic rings. The van der Waals surface area contributed by atoms with Crippen LogP contribution >= 0.6 is 11.6 Å². The number of hydrazone groups is 1. The van der Waals surface area contributed by atoms with E-state index in [-0.39, 0.29) is 5.91 Å². The molecule has 0 aliphatic heterocycles. The van der Waals surface area contributed by atoms with E-state index in [0.29, 0.717) is 16.5 Å². The first kappa shape index (κ1) is 13.1. The Hall–Kier alpha value is -1.35. The SMILES string of the molecule is C[C@@H]1CCCC/C1=N/NC(=O)c1ccccc1Cl. The van der Waals surface area contributed by atoms with Crippen LogP contribution in [0.1, 0.15) is 43.0 Å². The van der Waals surface area contributed by atoms with Crippen LogP contribution in [0, 0.1) is 5.92 Å². The number of carbonyl (C=O) groups is 1. The second-order valence-electron chi connectivity index (χ2n) is 4.67. The van der Waals surface area contributed by atoms with E-state index in [9.17, 15) is 4.79 Å². The highest BCUT2D eigenvalue weighted by Gasteiger charge is 2.16. The van der Waals surface area contributed by atoms with Crippen molar-refractivity contribution in [2.24, 2.45) is 11.0 Å². The average Bonchev–Trinajstić information content (AvgIpc) is 2.38. The largest absolute Gasteiger partial charge is 0.272 e. The minimum atomic E-state index is -0.245. The number of nitrogens with zero attached hydrogens (tertiary/aromatic N) is 1. The topological polar surface area (TPSA) is 41.5 Å². The van der Waals surface area contributed by atoms with Crippen molar-refractivity contribution in [3.8, 4) is 0 Å². The number of carbonyl (C=O) groups excluding carboxylic acids is 1. The summed E-state index contributed by atoms with van der Waals surface area (Å²) in [5, 5.41) is 4.69. The van der Waals surface area contributed by atoms with Gasteiger partial charge in [-0.25, -0.2) is 5.43 Å². The fourth-order valence-corrected chi connectivity index (χ4v) is 2.39. The lowest BCUT2D eigenvalue weighted by Gasteiger charge is -2.19. The van der Waals surface area contributed by atoms with Crippen LogP contribution < -0.4 is 5.43 Å². The lowest BCUT2D eigenvalue weighted by molar-refractivity contribution is 0.0954. The first-order valence-corrected chi connectivity index (χ1v) is 6.67. The minimum Gasteiger partial charge on any atom is -0.267 e. The van der Waals surface area contributed by atoms with Crippen molar-refractivity contribution in [3.63, 3.8) is 0 Å². The van der Waals surface area contributed by atoms with Crippen molar-refractivity contribution in [1.29, 1.82) is 0 Å². The van der Waals surface area contributed by atoms with Gasteiger partial charge in [-0.15, -0.1) is 0 Å². The van der Waals surface area contributed by atoms with E-state index in [1.165, 1.54) is 6.42 Å². The minimum absolute atomic E-state index is 0.245. The monoisotopic (exact) mass is 264 g/mol. The summed E-state index contributed by atoms with van der Waals surface area (Å²) in [6, 6.07) is 6.99. The average molecular weight is 265 g/mol. The summed E-state index contributed by atoms with van der Waals surface area (Å²) >= 11 is 5.96. The normalized spacial score (nSPS) is 21.9. The molecular weight excluding hydrogens is 248 g/mol.